The molecule has 1 N–H and O–H groups in total. The van der Waals surface area contributed by atoms with Crippen molar-refractivity contribution in [3.63, 3.8) is 0 Å². The van der Waals surface area contributed by atoms with E-state index in [0.717, 1.165) is 12.1 Å². The van der Waals surface area contributed by atoms with E-state index in [4.69, 9.17) is 23.2 Å². The van der Waals surface area contributed by atoms with Crippen molar-refractivity contribution in [1.29, 1.82) is 0 Å². The summed E-state index contributed by atoms with van der Waals surface area (Å²) in [5.74, 6) is -2.44. The van der Waals surface area contributed by atoms with Crippen LogP contribution in [0.4, 0.5) is 8.78 Å². The number of likely N-dealkylation sites (tertiary alicyclic amines) is 1. The minimum Gasteiger partial charge on any atom is -0.349 e. The minimum atomic E-state index is -0.883. The van der Waals surface area contributed by atoms with Gasteiger partial charge in [0.05, 0.1) is 16.1 Å². The molecular weight excluding hydrogens is 397 g/mol. The zero-order chi connectivity index (χ0) is 19.6. The Bertz CT molecular complexity index is 884. The van der Waals surface area contributed by atoms with E-state index < -0.39 is 17.5 Å². The molecule has 8 heteroatoms. The summed E-state index contributed by atoms with van der Waals surface area (Å²) >= 11 is 11.9. The molecule has 0 spiro atoms. The molecule has 142 valence electrons. The van der Waals surface area contributed by atoms with Crippen LogP contribution in [0.3, 0.4) is 0 Å². The van der Waals surface area contributed by atoms with E-state index in [9.17, 15) is 18.4 Å². The number of halogens is 4. The zero-order valence-corrected chi connectivity index (χ0v) is 15.7. The third-order valence-corrected chi connectivity index (χ3v) is 5.02. The molecule has 1 aliphatic rings. The van der Waals surface area contributed by atoms with Gasteiger partial charge in [0.25, 0.3) is 11.8 Å². The molecule has 27 heavy (non-hydrogen) atoms. The van der Waals surface area contributed by atoms with Crippen molar-refractivity contribution in [3.05, 3.63) is 69.2 Å². The average molecular weight is 413 g/mol. The second-order valence-corrected chi connectivity index (χ2v) is 7.13. The smallest absolute Gasteiger partial charge is 0.256 e. The molecule has 3 rings (SSSR count). The van der Waals surface area contributed by atoms with E-state index in [-0.39, 0.29) is 23.1 Å². The van der Waals surface area contributed by atoms with Crippen molar-refractivity contribution in [2.45, 2.75) is 18.9 Å². The lowest BCUT2D eigenvalue weighted by molar-refractivity contribution is 0.0693. The molecule has 1 heterocycles. The van der Waals surface area contributed by atoms with Crippen molar-refractivity contribution in [3.8, 4) is 0 Å². The number of piperidine rings is 1. The van der Waals surface area contributed by atoms with Gasteiger partial charge in [0, 0.05) is 30.2 Å². The maximum Gasteiger partial charge on any atom is 0.256 e. The van der Waals surface area contributed by atoms with Crippen LogP contribution in [0.5, 0.6) is 0 Å². The lowest BCUT2D eigenvalue weighted by atomic mass is 10.0. The van der Waals surface area contributed by atoms with Crippen LogP contribution in [-0.4, -0.2) is 35.8 Å². The second kappa shape index (κ2) is 8.23. The van der Waals surface area contributed by atoms with Crippen LogP contribution in [0.2, 0.25) is 10.0 Å². The highest BCUT2D eigenvalue weighted by Gasteiger charge is 2.26. The van der Waals surface area contributed by atoms with Crippen LogP contribution < -0.4 is 5.32 Å². The number of rotatable bonds is 3. The highest BCUT2D eigenvalue weighted by Crippen LogP contribution is 2.22. The largest absolute Gasteiger partial charge is 0.349 e. The Labute approximate surface area is 165 Å². The van der Waals surface area contributed by atoms with Gasteiger partial charge in [-0.2, -0.15) is 0 Å². The maximum absolute atomic E-state index is 13.8. The summed E-state index contributed by atoms with van der Waals surface area (Å²) in [5.41, 5.74) is 0.126. The number of benzene rings is 2. The van der Waals surface area contributed by atoms with Crippen LogP contribution in [0, 0.1) is 11.6 Å². The van der Waals surface area contributed by atoms with Gasteiger partial charge in [-0.25, -0.2) is 8.78 Å². The number of carbonyl (C=O) groups is 2. The van der Waals surface area contributed by atoms with Gasteiger partial charge in [0.2, 0.25) is 0 Å². The van der Waals surface area contributed by atoms with E-state index in [2.05, 4.69) is 5.32 Å². The van der Waals surface area contributed by atoms with Crippen LogP contribution in [0.25, 0.3) is 0 Å². The quantitative estimate of drug-likeness (QED) is 0.816. The van der Waals surface area contributed by atoms with E-state index >= 15 is 0 Å². The molecular formula is C19H16Cl2F2N2O2. The Morgan fingerprint density at radius 3 is 2.37 bits per heavy atom. The molecule has 4 nitrogen and oxygen atoms in total. The van der Waals surface area contributed by atoms with E-state index in [1.807, 2.05) is 0 Å². The van der Waals surface area contributed by atoms with E-state index in [1.54, 1.807) is 12.1 Å². The molecule has 0 bridgehead atoms. The maximum atomic E-state index is 13.8. The van der Waals surface area contributed by atoms with Crippen LogP contribution in [0.1, 0.15) is 33.6 Å². The van der Waals surface area contributed by atoms with Crippen LogP contribution >= 0.6 is 23.2 Å². The lowest BCUT2D eigenvalue weighted by Crippen LogP contribution is -2.46. The fourth-order valence-corrected chi connectivity index (χ4v) is 3.37. The summed E-state index contributed by atoms with van der Waals surface area (Å²) in [6.07, 6.45) is 1.02. The molecule has 0 radical (unpaired) electrons. The molecule has 0 aromatic heterocycles. The summed E-state index contributed by atoms with van der Waals surface area (Å²) in [6.45, 7) is 0.702. The van der Waals surface area contributed by atoms with Gasteiger partial charge in [-0.1, -0.05) is 23.2 Å². The SMILES string of the molecule is O=C(NC1CCN(C(=O)c2ccc(F)cc2F)CC1)c1cc(Cl)ccc1Cl. The molecule has 1 fully saturated rings. The summed E-state index contributed by atoms with van der Waals surface area (Å²) in [6, 6.07) is 7.38. The highest BCUT2D eigenvalue weighted by atomic mass is 35.5. The highest BCUT2D eigenvalue weighted by molar-refractivity contribution is 6.35. The van der Waals surface area contributed by atoms with Crippen LogP contribution in [0.15, 0.2) is 36.4 Å². The van der Waals surface area contributed by atoms with Crippen molar-refractivity contribution in [2.24, 2.45) is 0 Å². The van der Waals surface area contributed by atoms with Gasteiger partial charge in [0.1, 0.15) is 11.6 Å². The normalized spacial score (nSPS) is 14.9. The third kappa shape index (κ3) is 4.57. The Morgan fingerprint density at radius 1 is 1.00 bits per heavy atom. The number of nitrogens with zero attached hydrogens (tertiary/aromatic N) is 1. The van der Waals surface area contributed by atoms with Gasteiger partial charge in [-0.15, -0.1) is 0 Å². The predicted molar refractivity (Wildman–Crippen MR) is 99.2 cm³/mol. The molecule has 0 unspecified atom stereocenters. The monoisotopic (exact) mass is 412 g/mol. The molecule has 0 saturated carbocycles. The first kappa shape index (κ1) is 19.6. The van der Waals surface area contributed by atoms with Gasteiger partial charge < -0.3 is 10.2 Å². The Kier molecular flexibility index (Phi) is 5.97. The summed E-state index contributed by atoms with van der Waals surface area (Å²) in [7, 11) is 0. The minimum absolute atomic E-state index is 0.144. The first-order valence-electron chi connectivity index (χ1n) is 8.35. The zero-order valence-electron chi connectivity index (χ0n) is 14.1. The lowest BCUT2D eigenvalue weighted by Gasteiger charge is -2.32. The van der Waals surface area contributed by atoms with Gasteiger partial charge in [0.15, 0.2) is 0 Å². The topological polar surface area (TPSA) is 49.4 Å². The summed E-state index contributed by atoms with van der Waals surface area (Å²) in [5, 5.41) is 3.59. The third-order valence-electron chi connectivity index (χ3n) is 4.45. The van der Waals surface area contributed by atoms with E-state index in [0.29, 0.717) is 42.0 Å². The van der Waals surface area contributed by atoms with Crippen molar-refractivity contribution in [2.75, 3.05) is 13.1 Å². The molecule has 2 aromatic rings. The number of nitrogens with one attached hydrogen (secondary N) is 1. The van der Waals surface area contributed by atoms with Crippen molar-refractivity contribution < 1.29 is 18.4 Å². The fourth-order valence-electron chi connectivity index (χ4n) is 2.99. The van der Waals surface area contributed by atoms with Gasteiger partial charge in [-0.05, 0) is 43.2 Å². The molecule has 2 aromatic carbocycles. The molecule has 0 atom stereocenters. The first-order chi connectivity index (χ1) is 12.8. The average Bonchev–Trinajstić information content (AvgIpc) is 2.64. The van der Waals surface area contributed by atoms with E-state index in [1.165, 1.54) is 11.0 Å². The molecule has 0 aliphatic carbocycles. The van der Waals surface area contributed by atoms with Crippen LogP contribution in [-0.2, 0) is 0 Å². The van der Waals surface area contributed by atoms with Crippen molar-refractivity contribution >= 4 is 35.0 Å². The molecule has 1 saturated heterocycles. The Morgan fingerprint density at radius 2 is 1.70 bits per heavy atom. The fraction of sp³-hybridized carbons (Fsp3) is 0.263. The number of amides is 2. The molecule has 2 amide bonds. The van der Waals surface area contributed by atoms with Gasteiger partial charge in [-0.3, -0.25) is 9.59 Å². The van der Waals surface area contributed by atoms with Crippen molar-refractivity contribution in [1.82, 2.24) is 10.2 Å². The number of hydrogen-bond acceptors (Lipinski definition) is 2. The standard InChI is InChI=1S/C19H16Cl2F2N2O2/c20-11-1-4-16(21)15(9-11)18(26)24-13-5-7-25(8-6-13)19(27)14-3-2-12(22)10-17(14)23/h1-4,9-10,13H,5-8H2,(H,24,26). The number of hydrogen-bond donors (Lipinski definition) is 1. The summed E-state index contributed by atoms with van der Waals surface area (Å²) in [4.78, 5) is 26.3. The van der Waals surface area contributed by atoms with Gasteiger partial charge >= 0.3 is 0 Å². The number of carbonyl (C=O) groups excluding carboxylic acids is 2. The summed E-state index contributed by atoms with van der Waals surface area (Å²) < 4.78 is 26.8. The second-order valence-electron chi connectivity index (χ2n) is 6.29. The Hall–Kier alpha value is -2.18. The first-order valence-corrected chi connectivity index (χ1v) is 9.11. The molecule has 1 aliphatic heterocycles. The predicted octanol–water partition coefficient (Wildman–Crippen LogP) is 4.31. The Balaban J connectivity index is 1.59.